The largest absolute Gasteiger partial charge is 0.398 e. The summed E-state index contributed by atoms with van der Waals surface area (Å²) in [5.74, 6) is -0.171. The Morgan fingerprint density at radius 1 is 1.30 bits per heavy atom. The van der Waals surface area contributed by atoms with Gasteiger partial charge in [0.2, 0.25) is 0 Å². The van der Waals surface area contributed by atoms with Crippen molar-refractivity contribution in [1.29, 1.82) is 0 Å². The van der Waals surface area contributed by atoms with E-state index in [9.17, 15) is 4.79 Å². The van der Waals surface area contributed by atoms with Gasteiger partial charge in [0.1, 0.15) is 0 Å². The molecule has 1 rings (SSSR count). The van der Waals surface area contributed by atoms with Crippen LogP contribution in [-0.2, 0) is 0 Å². The molecule has 112 valence electrons. The van der Waals surface area contributed by atoms with Crippen LogP contribution < -0.4 is 5.73 Å². The highest BCUT2D eigenvalue weighted by Gasteiger charge is 2.17. The Labute approximate surface area is 125 Å². The molecule has 0 unspecified atom stereocenters. The lowest BCUT2D eigenvalue weighted by Gasteiger charge is -2.22. The number of carbonyl (C=O) groups is 1. The number of halogens is 1. The van der Waals surface area contributed by atoms with Gasteiger partial charge in [0.05, 0.1) is 12.2 Å². The van der Waals surface area contributed by atoms with E-state index in [-0.39, 0.29) is 12.5 Å². The highest BCUT2D eigenvalue weighted by atomic mass is 35.5. The fourth-order valence-corrected chi connectivity index (χ4v) is 2.22. The Kier molecular flexibility index (Phi) is 7.41. The first-order chi connectivity index (χ1) is 9.60. The Balaban J connectivity index is 2.74. The van der Waals surface area contributed by atoms with Crippen molar-refractivity contribution >= 4 is 23.2 Å². The molecule has 0 aliphatic carbocycles. The highest BCUT2D eigenvalue weighted by molar-refractivity contribution is 6.31. The van der Waals surface area contributed by atoms with E-state index < -0.39 is 0 Å². The first-order valence-corrected chi connectivity index (χ1v) is 7.43. The molecule has 0 heterocycles. The summed E-state index contributed by atoms with van der Waals surface area (Å²) in [5, 5.41) is 9.59. The summed E-state index contributed by atoms with van der Waals surface area (Å²) in [6, 6.07) is 4.87. The predicted molar refractivity (Wildman–Crippen MR) is 83.0 cm³/mol. The summed E-state index contributed by atoms with van der Waals surface area (Å²) in [4.78, 5) is 14.1. The van der Waals surface area contributed by atoms with Crippen molar-refractivity contribution in [3.05, 3.63) is 28.8 Å². The molecular formula is C15H23ClN2O2. The molecule has 0 fully saturated rings. The van der Waals surface area contributed by atoms with Crippen LogP contribution in [0.25, 0.3) is 0 Å². The summed E-state index contributed by atoms with van der Waals surface area (Å²) in [6.07, 6.45) is 4.31. The van der Waals surface area contributed by atoms with Crippen molar-refractivity contribution in [2.75, 3.05) is 25.4 Å². The first kappa shape index (κ1) is 16.8. The van der Waals surface area contributed by atoms with Crippen molar-refractivity contribution in [2.24, 2.45) is 0 Å². The second kappa shape index (κ2) is 8.82. The Bertz CT molecular complexity index is 438. The minimum Gasteiger partial charge on any atom is -0.398 e. The number of unbranched alkanes of at least 4 members (excludes halogenated alkanes) is 3. The van der Waals surface area contributed by atoms with Crippen LogP contribution in [0.2, 0.25) is 5.02 Å². The van der Waals surface area contributed by atoms with E-state index in [2.05, 4.69) is 6.92 Å². The zero-order chi connectivity index (χ0) is 15.0. The maximum absolute atomic E-state index is 12.4. The molecule has 0 aliphatic rings. The number of aliphatic hydroxyl groups is 1. The third kappa shape index (κ3) is 5.02. The minimum atomic E-state index is -0.171. The molecule has 0 aromatic heterocycles. The average Bonchev–Trinajstić information content (AvgIpc) is 2.44. The third-order valence-corrected chi connectivity index (χ3v) is 3.42. The van der Waals surface area contributed by atoms with Gasteiger partial charge in [0, 0.05) is 23.8 Å². The number of rotatable bonds is 8. The van der Waals surface area contributed by atoms with Crippen LogP contribution in [0.5, 0.6) is 0 Å². The van der Waals surface area contributed by atoms with Gasteiger partial charge in [-0.15, -0.1) is 0 Å². The molecular weight excluding hydrogens is 276 g/mol. The van der Waals surface area contributed by atoms with Crippen LogP contribution in [0.4, 0.5) is 5.69 Å². The van der Waals surface area contributed by atoms with E-state index in [1.807, 2.05) is 0 Å². The number of benzene rings is 1. The molecule has 0 spiro atoms. The molecule has 0 aliphatic heterocycles. The summed E-state index contributed by atoms with van der Waals surface area (Å²) < 4.78 is 0. The number of hydrogen-bond donors (Lipinski definition) is 2. The van der Waals surface area contributed by atoms with E-state index in [1.54, 1.807) is 23.1 Å². The topological polar surface area (TPSA) is 66.6 Å². The predicted octanol–water partition coefficient (Wildman–Crippen LogP) is 2.94. The fraction of sp³-hybridized carbons (Fsp3) is 0.533. The number of hydrogen-bond acceptors (Lipinski definition) is 3. The van der Waals surface area contributed by atoms with Crippen LogP contribution in [0, 0.1) is 0 Å². The highest BCUT2D eigenvalue weighted by Crippen LogP contribution is 2.20. The Hall–Kier alpha value is -1.26. The van der Waals surface area contributed by atoms with Crippen LogP contribution in [-0.4, -0.2) is 35.6 Å². The summed E-state index contributed by atoms with van der Waals surface area (Å²) in [6.45, 7) is 3.03. The molecule has 5 heteroatoms. The Morgan fingerprint density at radius 3 is 2.70 bits per heavy atom. The zero-order valence-corrected chi connectivity index (χ0v) is 12.7. The molecule has 0 saturated heterocycles. The number of nitrogen functional groups attached to an aromatic ring is 1. The standard InChI is InChI=1S/C15H23ClN2O2/c1-2-3-4-5-8-18(9-10-19)15(20)13-11-12(16)6-7-14(13)17/h6-7,11,19H,2-5,8-10,17H2,1H3. The zero-order valence-electron chi connectivity index (χ0n) is 11.9. The van der Waals surface area contributed by atoms with E-state index in [1.165, 1.54) is 0 Å². The van der Waals surface area contributed by atoms with Gasteiger partial charge in [-0.1, -0.05) is 37.8 Å². The van der Waals surface area contributed by atoms with Crippen molar-refractivity contribution in [1.82, 2.24) is 4.90 Å². The second-order valence-electron chi connectivity index (χ2n) is 4.81. The smallest absolute Gasteiger partial charge is 0.256 e. The van der Waals surface area contributed by atoms with E-state index in [0.29, 0.717) is 29.4 Å². The monoisotopic (exact) mass is 298 g/mol. The van der Waals surface area contributed by atoms with E-state index in [0.717, 1.165) is 25.7 Å². The SMILES string of the molecule is CCCCCCN(CCO)C(=O)c1cc(Cl)ccc1N. The molecule has 1 amide bonds. The molecule has 3 N–H and O–H groups in total. The third-order valence-electron chi connectivity index (χ3n) is 3.18. The molecule has 0 radical (unpaired) electrons. The van der Waals surface area contributed by atoms with Gasteiger partial charge in [0.25, 0.3) is 5.91 Å². The lowest BCUT2D eigenvalue weighted by molar-refractivity contribution is 0.0719. The first-order valence-electron chi connectivity index (χ1n) is 7.05. The molecule has 20 heavy (non-hydrogen) atoms. The van der Waals surface area contributed by atoms with Crippen molar-refractivity contribution in [2.45, 2.75) is 32.6 Å². The van der Waals surface area contributed by atoms with Gasteiger partial charge in [-0.2, -0.15) is 0 Å². The maximum Gasteiger partial charge on any atom is 0.256 e. The van der Waals surface area contributed by atoms with Crippen molar-refractivity contribution in [3.63, 3.8) is 0 Å². The van der Waals surface area contributed by atoms with Crippen LogP contribution >= 0.6 is 11.6 Å². The lowest BCUT2D eigenvalue weighted by Crippen LogP contribution is -2.35. The number of nitrogens with two attached hydrogens (primary N) is 1. The normalized spacial score (nSPS) is 10.6. The van der Waals surface area contributed by atoms with Gasteiger partial charge >= 0.3 is 0 Å². The van der Waals surface area contributed by atoms with Gasteiger partial charge in [-0.05, 0) is 24.6 Å². The van der Waals surface area contributed by atoms with Gasteiger partial charge in [0.15, 0.2) is 0 Å². The molecule has 0 atom stereocenters. The second-order valence-corrected chi connectivity index (χ2v) is 5.24. The van der Waals surface area contributed by atoms with Gasteiger partial charge in [-0.3, -0.25) is 4.79 Å². The summed E-state index contributed by atoms with van der Waals surface area (Å²) in [5.41, 5.74) is 6.65. The molecule has 0 bridgehead atoms. The van der Waals surface area contributed by atoms with Crippen LogP contribution in [0.15, 0.2) is 18.2 Å². The van der Waals surface area contributed by atoms with Crippen LogP contribution in [0.3, 0.4) is 0 Å². The summed E-state index contributed by atoms with van der Waals surface area (Å²) in [7, 11) is 0. The molecule has 1 aromatic carbocycles. The minimum absolute atomic E-state index is 0.0556. The van der Waals surface area contributed by atoms with E-state index >= 15 is 0 Å². The summed E-state index contributed by atoms with van der Waals surface area (Å²) >= 11 is 5.91. The molecule has 4 nitrogen and oxygen atoms in total. The number of amides is 1. The van der Waals surface area contributed by atoms with E-state index in [4.69, 9.17) is 22.4 Å². The van der Waals surface area contributed by atoms with Crippen LogP contribution in [0.1, 0.15) is 43.0 Å². The van der Waals surface area contributed by atoms with Crippen molar-refractivity contribution < 1.29 is 9.90 Å². The lowest BCUT2D eigenvalue weighted by atomic mass is 10.1. The molecule has 0 saturated carbocycles. The average molecular weight is 299 g/mol. The molecule has 1 aromatic rings. The Morgan fingerprint density at radius 2 is 2.05 bits per heavy atom. The van der Waals surface area contributed by atoms with Gasteiger partial charge in [-0.25, -0.2) is 0 Å². The number of aliphatic hydroxyl groups excluding tert-OH is 1. The number of carbonyl (C=O) groups excluding carboxylic acids is 1. The quantitative estimate of drug-likeness (QED) is 0.573. The van der Waals surface area contributed by atoms with Crippen molar-refractivity contribution in [3.8, 4) is 0 Å². The number of anilines is 1. The fourth-order valence-electron chi connectivity index (χ4n) is 2.05. The van der Waals surface area contributed by atoms with Gasteiger partial charge < -0.3 is 15.7 Å². The number of nitrogens with zero attached hydrogens (tertiary/aromatic N) is 1. The maximum atomic E-state index is 12.4.